The molecule has 0 unspecified atom stereocenters. The third kappa shape index (κ3) is 3.33. The van der Waals surface area contributed by atoms with E-state index in [1.54, 1.807) is 6.20 Å². The lowest BCUT2D eigenvalue weighted by Crippen LogP contribution is -2.12. The maximum atomic E-state index is 13.3. The molecule has 0 atom stereocenters. The van der Waals surface area contributed by atoms with Crippen molar-refractivity contribution >= 4 is 33.4 Å². The van der Waals surface area contributed by atoms with Gasteiger partial charge >= 0.3 is 6.18 Å². The molecule has 28 heavy (non-hydrogen) atoms. The van der Waals surface area contributed by atoms with E-state index in [0.29, 0.717) is 10.6 Å². The minimum absolute atomic E-state index is 0.00932. The molecule has 2 N–H and O–H groups in total. The van der Waals surface area contributed by atoms with Crippen molar-refractivity contribution in [3.05, 3.63) is 58.9 Å². The Balaban J connectivity index is 1.77. The smallest absolute Gasteiger partial charge is 0.337 e. The van der Waals surface area contributed by atoms with Crippen LogP contribution in [-0.2, 0) is 6.18 Å². The second-order valence-electron chi connectivity index (χ2n) is 5.94. The molecule has 0 saturated heterocycles. The van der Waals surface area contributed by atoms with Gasteiger partial charge in [0.1, 0.15) is 11.3 Å². The number of halogens is 3. The molecule has 3 heterocycles. The van der Waals surface area contributed by atoms with E-state index in [-0.39, 0.29) is 22.5 Å². The van der Waals surface area contributed by atoms with Crippen molar-refractivity contribution in [1.82, 2.24) is 19.9 Å². The van der Waals surface area contributed by atoms with Crippen LogP contribution in [0.3, 0.4) is 0 Å². The number of fused-ring (bicyclic) bond motifs is 1. The predicted octanol–water partition coefficient (Wildman–Crippen LogP) is 4.66. The molecule has 0 fully saturated rings. The highest BCUT2D eigenvalue weighted by molar-refractivity contribution is 7.15. The Morgan fingerprint density at radius 1 is 1.18 bits per heavy atom. The third-order valence-electron chi connectivity index (χ3n) is 3.97. The maximum Gasteiger partial charge on any atom is 0.417 e. The fraction of sp³-hybridized carbons (Fsp3) is 0.111. The number of carbonyl (C=O) groups excluding carboxylic acids is 1. The van der Waals surface area contributed by atoms with Gasteiger partial charge in [-0.05, 0) is 13.0 Å². The molecule has 3 aromatic heterocycles. The molecule has 142 valence electrons. The Morgan fingerprint density at radius 3 is 2.68 bits per heavy atom. The number of hydrogen-bond donors (Lipinski definition) is 2. The van der Waals surface area contributed by atoms with Crippen LogP contribution in [0.25, 0.3) is 22.4 Å². The number of rotatable bonds is 3. The highest BCUT2D eigenvalue weighted by atomic mass is 32.1. The van der Waals surface area contributed by atoms with Gasteiger partial charge in [-0.15, -0.1) is 11.3 Å². The SMILES string of the molecule is Cc1cnc(NC(=O)c2cncc3[nH]c(-c4ccccc4C(F)(F)F)nc23)s1. The number of thiazole rings is 1. The van der Waals surface area contributed by atoms with E-state index >= 15 is 0 Å². The summed E-state index contributed by atoms with van der Waals surface area (Å²) in [4.78, 5) is 28.6. The number of nitrogens with one attached hydrogen (secondary N) is 2. The Kier molecular flexibility index (Phi) is 4.34. The predicted molar refractivity (Wildman–Crippen MR) is 99.1 cm³/mol. The molecule has 10 heteroatoms. The van der Waals surface area contributed by atoms with Crippen LogP contribution in [0.2, 0.25) is 0 Å². The first kappa shape index (κ1) is 18.1. The number of benzene rings is 1. The number of imidazole rings is 1. The average Bonchev–Trinajstić information content (AvgIpc) is 3.26. The lowest BCUT2D eigenvalue weighted by Gasteiger charge is -2.10. The Bertz CT molecular complexity index is 1180. The van der Waals surface area contributed by atoms with Gasteiger partial charge in [0.25, 0.3) is 5.91 Å². The molecule has 0 bridgehead atoms. The minimum atomic E-state index is -4.53. The quantitative estimate of drug-likeness (QED) is 0.521. The third-order valence-corrected chi connectivity index (χ3v) is 4.80. The number of nitrogens with zero attached hydrogens (tertiary/aromatic N) is 3. The lowest BCUT2D eigenvalue weighted by molar-refractivity contribution is -0.137. The molecule has 6 nitrogen and oxygen atoms in total. The summed E-state index contributed by atoms with van der Waals surface area (Å²) in [5.74, 6) is -0.482. The Morgan fingerprint density at radius 2 is 1.96 bits per heavy atom. The number of aryl methyl sites for hydroxylation is 1. The Labute approximate surface area is 160 Å². The zero-order chi connectivity index (χ0) is 19.9. The molecule has 0 radical (unpaired) electrons. The van der Waals surface area contributed by atoms with Crippen LogP contribution in [-0.4, -0.2) is 25.8 Å². The van der Waals surface area contributed by atoms with Gasteiger partial charge in [-0.2, -0.15) is 13.2 Å². The van der Waals surface area contributed by atoms with E-state index in [1.165, 1.54) is 41.9 Å². The van der Waals surface area contributed by atoms with Crippen LogP contribution in [0.5, 0.6) is 0 Å². The summed E-state index contributed by atoms with van der Waals surface area (Å²) >= 11 is 1.31. The van der Waals surface area contributed by atoms with Crippen molar-refractivity contribution in [3.8, 4) is 11.4 Å². The summed E-state index contributed by atoms with van der Waals surface area (Å²) in [5.41, 5.74) is -0.195. The summed E-state index contributed by atoms with van der Waals surface area (Å²) in [6, 6.07) is 5.12. The zero-order valence-electron chi connectivity index (χ0n) is 14.3. The van der Waals surface area contributed by atoms with Crippen molar-refractivity contribution in [2.24, 2.45) is 0 Å². The van der Waals surface area contributed by atoms with E-state index in [1.807, 2.05) is 6.92 Å². The Hall–Kier alpha value is -3.27. The number of anilines is 1. The second-order valence-corrected chi connectivity index (χ2v) is 7.18. The number of carbonyl (C=O) groups is 1. The molecule has 0 saturated carbocycles. The van der Waals surface area contributed by atoms with Gasteiger partial charge in [-0.25, -0.2) is 9.97 Å². The second kappa shape index (κ2) is 6.71. The van der Waals surface area contributed by atoms with Gasteiger partial charge in [-0.1, -0.05) is 18.2 Å². The standard InChI is InChI=1S/C18H12F3N5OS/c1-9-6-23-17(28-9)26-16(27)11-7-22-8-13-14(11)25-15(24-13)10-4-2-3-5-12(10)18(19,20)21/h2-8H,1H3,(H,24,25)(H,23,26,27). The summed E-state index contributed by atoms with van der Waals surface area (Å²) in [5, 5.41) is 3.06. The van der Waals surface area contributed by atoms with Crippen LogP contribution in [0, 0.1) is 6.92 Å². The van der Waals surface area contributed by atoms with Crippen molar-refractivity contribution in [2.75, 3.05) is 5.32 Å². The van der Waals surface area contributed by atoms with E-state index in [0.717, 1.165) is 10.9 Å². The number of pyridine rings is 1. The minimum Gasteiger partial charge on any atom is -0.337 e. The van der Waals surface area contributed by atoms with Gasteiger partial charge in [0.05, 0.1) is 22.8 Å². The zero-order valence-corrected chi connectivity index (χ0v) is 15.1. The van der Waals surface area contributed by atoms with E-state index < -0.39 is 17.6 Å². The van der Waals surface area contributed by atoms with E-state index in [2.05, 4.69) is 25.3 Å². The van der Waals surface area contributed by atoms with Crippen molar-refractivity contribution in [2.45, 2.75) is 13.1 Å². The largest absolute Gasteiger partial charge is 0.417 e. The van der Waals surface area contributed by atoms with E-state index in [4.69, 9.17) is 0 Å². The van der Waals surface area contributed by atoms with Crippen LogP contribution >= 0.6 is 11.3 Å². The first-order valence-corrected chi connectivity index (χ1v) is 8.88. The topological polar surface area (TPSA) is 83.6 Å². The van der Waals surface area contributed by atoms with Crippen LogP contribution < -0.4 is 5.32 Å². The molecule has 0 spiro atoms. The molecule has 0 aliphatic carbocycles. The monoisotopic (exact) mass is 403 g/mol. The molecule has 4 aromatic rings. The number of aromatic amines is 1. The average molecular weight is 403 g/mol. The van der Waals surface area contributed by atoms with Gasteiger partial charge in [0.2, 0.25) is 0 Å². The number of alkyl halides is 3. The highest BCUT2D eigenvalue weighted by Crippen LogP contribution is 2.36. The number of aromatic nitrogens is 4. The molecular weight excluding hydrogens is 391 g/mol. The molecule has 1 aromatic carbocycles. The summed E-state index contributed by atoms with van der Waals surface area (Å²) in [7, 11) is 0. The number of amides is 1. The van der Waals surface area contributed by atoms with Gasteiger partial charge in [0, 0.05) is 22.8 Å². The maximum absolute atomic E-state index is 13.3. The fourth-order valence-electron chi connectivity index (χ4n) is 2.74. The normalized spacial score (nSPS) is 11.7. The number of H-pyrrole nitrogens is 1. The van der Waals surface area contributed by atoms with Crippen LogP contribution in [0.15, 0.2) is 42.9 Å². The highest BCUT2D eigenvalue weighted by Gasteiger charge is 2.34. The summed E-state index contributed by atoms with van der Waals surface area (Å²) in [6.07, 6.45) is -0.179. The first-order chi connectivity index (χ1) is 13.3. The molecule has 0 aliphatic heterocycles. The lowest BCUT2D eigenvalue weighted by atomic mass is 10.1. The van der Waals surface area contributed by atoms with Crippen LogP contribution in [0.1, 0.15) is 20.8 Å². The van der Waals surface area contributed by atoms with E-state index in [9.17, 15) is 18.0 Å². The van der Waals surface area contributed by atoms with Crippen molar-refractivity contribution in [1.29, 1.82) is 0 Å². The summed E-state index contributed by atoms with van der Waals surface area (Å²) in [6.45, 7) is 1.85. The van der Waals surface area contributed by atoms with Crippen molar-refractivity contribution in [3.63, 3.8) is 0 Å². The van der Waals surface area contributed by atoms with Gasteiger partial charge in [-0.3, -0.25) is 15.1 Å². The molecule has 4 rings (SSSR count). The summed E-state index contributed by atoms with van der Waals surface area (Å²) < 4.78 is 40.0. The number of hydrogen-bond acceptors (Lipinski definition) is 5. The van der Waals surface area contributed by atoms with Gasteiger partial charge < -0.3 is 4.98 Å². The van der Waals surface area contributed by atoms with Crippen molar-refractivity contribution < 1.29 is 18.0 Å². The van der Waals surface area contributed by atoms with Gasteiger partial charge in [0.15, 0.2) is 5.13 Å². The molecular formula is C18H12F3N5OS. The molecule has 1 amide bonds. The molecule has 0 aliphatic rings. The fourth-order valence-corrected chi connectivity index (χ4v) is 3.40. The van der Waals surface area contributed by atoms with Crippen LogP contribution in [0.4, 0.5) is 18.3 Å². The first-order valence-electron chi connectivity index (χ1n) is 8.07.